The van der Waals surface area contributed by atoms with E-state index >= 15 is 0 Å². The minimum atomic E-state index is -4.12. The third-order valence-corrected chi connectivity index (χ3v) is 5.66. The van der Waals surface area contributed by atoms with Gasteiger partial charge in [-0.3, -0.25) is 4.79 Å². The van der Waals surface area contributed by atoms with Crippen LogP contribution >= 0.6 is 11.6 Å². The summed E-state index contributed by atoms with van der Waals surface area (Å²) in [7, 11) is -2.75. The number of benzene rings is 3. The summed E-state index contributed by atoms with van der Waals surface area (Å²) in [6.07, 6.45) is 1.31. The molecule has 0 aliphatic carbocycles. The number of amides is 1. The van der Waals surface area contributed by atoms with Gasteiger partial charge in [0.2, 0.25) is 0 Å². The van der Waals surface area contributed by atoms with Gasteiger partial charge in [-0.2, -0.15) is 13.7 Å². The summed E-state index contributed by atoms with van der Waals surface area (Å²) < 4.78 is 35.6. The minimum Gasteiger partial charge on any atom is -0.493 e. The second-order valence-electron chi connectivity index (χ2n) is 6.40. The summed E-state index contributed by atoms with van der Waals surface area (Å²) in [5.74, 6) is -0.564. The summed E-state index contributed by atoms with van der Waals surface area (Å²) in [4.78, 5) is 12.5. The first-order valence-electron chi connectivity index (χ1n) is 9.18. The monoisotopic (exact) mass is 468 g/mol. The van der Waals surface area contributed by atoms with Gasteiger partial charge in [-0.25, -0.2) is 0 Å². The molecule has 0 aliphatic heterocycles. The Labute approximate surface area is 190 Å². The Morgan fingerprint density at radius 2 is 1.78 bits per heavy atom. The van der Waals surface area contributed by atoms with E-state index in [9.17, 15) is 18.5 Å². The van der Waals surface area contributed by atoms with Crippen LogP contribution < -0.4 is 14.2 Å². The van der Waals surface area contributed by atoms with Crippen LogP contribution in [0.3, 0.4) is 0 Å². The van der Waals surface area contributed by atoms with Crippen LogP contribution in [-0.2, 0) is 14.9 Å². The lowest BCUT2D eigenvalue weighted by atomic mass is 10.1. The molecule has 0 aliphatic rings. The fourth-order valence-electron chi connectivity index (χ4n) is 2.68. The second-order valence-corrected chi connectivity index (χ2v) is 8.38. The highest BCUT2D eigenvalue weighted by Crippen LogP contribution is 2.31. The van der Waals surface area contributed by atoms with E-state index in [1.165, 1.54) is 37.5 Å². The zero-order valence-corrected chi connectivity index (χ0v) is 18.4. The number of hydrogen-bond donors (Lipinski definition) is 1. The van der Waals surface area contributed by atoms with E-state index in [0.29, 0.717) is 16.3 Å². The molecule has 7 nitrogen and oxygen atoms in total. The van der Waals surface area contributed by atoms with Crippen LogP contribution in [0.5, 0.6) is 11.5 Å². The van der Waals surface area contributed by atoms with E-state index in [-0.39, 0.29) is 22.0 Å². The topological polar surface area (TPSA) is 105 Å². The van der Waals surface area contributed by atoms with Crippen molar-refractivity contribution < 1.29 is 22.1 Å². The van der Waals surface area contributed by atoms with Gasteiger partial charge in [-0.15, -0.1) is 0 Å². The Balaban J connectivity index is 1.90. The highest BCUT2D eigenvalue weighted by atomic mass is 35.5. The van der Waals surface area contributed by atoms with Gasteiger partial charge in [0.05, 0.1) is 7.11 Å². The first-order valence-corrected chi connectivity index (χ1v) is 11.0. The molecule has 0 heterocycles. The van der Waals surface area contributed by atoms with E-state index in [1.54, 1.807) is 48.5 Å². The van der Waals surface area contributed by atoms with Crippen LogP contribution in [0.4, 0.5) is 5.69 Å². The Hall–Kier alpha value is -3.80. The third kappa shape index (κ3) is 5.66. The molecule has 0 fully saturated rings. The molecule has 0 unspecified atom stereocenters. The number of carbonyl (C=O) groups excluding carboxylic acids is 1. The largest absolute Gasteiger partial charge is 0.493 e. The highest BCUT2D eigenvalue weighted by molar-refractivity contribution is 7.87. The lowest BCUT2D eigenvalue weighted by molar-refractivity contribution is -0.112. The van der Waals surface area contributed by atoms with Gasteiger partial charge in [-0.1, -0.05) is 41.9 Å². The number of nitrogens with one attached hydrogen (secondary N) is 1. The average Bonchev–Trinajstić information content (AvgIpc) is 2.78. The molecule has 3 aromatic rings. The van der Waals surface area contributed by atoms with Crippen LogP contribution in [0, 0.1) is 11.3 Å². The van der Waals surface area contributed by atoms with Gasteiger partial charge in [0.1, 0.15) is 16.5 Å². The molecule has 0 aromatic heterocycles. The molecule has 0 atom stereocenters. The molecular formula is C23H17ClN2O5S. The number of anilines is 1. The van der Waals surface area contributed by atoms with Crippen molar-refractivity contribution in [1.29, 1.82) is 5.26 Å². The number of nitriles is 1. The molecule has 0 saturated heterocycles. The van der Waals surface area contributed by atoms with Crippen LogP contribution in [-0.4, -0.2) is 21.4 Å². The maximum atomic E-state index is 12.6. The number of nitrogens with zero attached hydrogens (tertiary/aromatic N) is 1. The molecular weight excluding hydrogens is 452 g/mol. The zero-order valence-electron chi connectivity index (χ0n) is 16.8. The molecule has 3 rings (SSSR count). The normalized spacial score (nSPS) is 11.3. The number of methoxy groups -OCH3 is 1. The van der Waals surface area contributed by atoms with Crippen molar-refractivity contribution in [2.75, 3.05) is 12.4 Å². The number of rotatable bonds is 7. The van der Waals surface area contributed by atoms with E-state index in [4.69, 9.17) is 20.5 Å². The number of halogens is 1. The van der Waals surface area contributed by atoms with Crippen molar-refractivity contribution in [2.24, 2.45) is 0 Å². The molecule has 0 radical (unpaired) electrons. The third-order valence-electron chi connectivity index (χ3n) is 4.18. The van der Waals surface area contributed by atoms with Crippen molar-refractivity contribution in [3.8, 4) is 17.6 Å². The Morgan fingerprint density at radius 3 is 2.44 bits per heavy atom. The minimum absolute atomic E-state index is 0.0263. The standard InChI is InChI=1S/C23H17ClN2O5S/c1-30-21-11-10-16(13-22(21)31-32(28,29)20-8-3-2-4-9-20)12-17(15-25)23(27)26-19-7-5-6-18(24)14-19/h2-14H,1H3,(H,26,27)/b17-12+. The predicted octanol–water partition coefficient (Wildman–Crippen LogP) is 4.66. The second kappa shape index (κ2) is 10.0. The summed E-state index contributed by atoms with van der Waals surface area (Å²) in [5.41, 5.74) is 0.588. The van der Waals surface area contributed by atoms with Crippen molar-refractivity contribution in [3.05, 3.63) is 89.0 Å². The average molecular weight is 469 g/mol. The SMILES string of the molecule is COc1ccc(/C=C(\C#N)C(=O)Nc2cccc(Cl)c2)cc1OS(=O)(=O)c1ccccc1. The molecule has 9 heteroatoms. The fraction of sp³-hybridized carbons (Fsp3) is 0.0435. The summed E-state index contributed by atoms with van der Waals surface area (Å²) in [6.45, 7) is 0. The fourth-order valence-corrected chi connectivity index (χ4v) is 3.83. The van der Waals surface area contributed by atoms with Gasteiger partial charge in [0.15, 0.2) is 11.5 Å². The lowest BCUT2D eigenvalue weighted by Gasteiger charge is -2.11. The molecule has 32 heavy (non-hydrogen) atoms. The maximum absolute atomic E-state index is 12.6. The summed E-state index contributed by atoms with van der Waals surface area (Å²) in [6, 6.07) is 20.4. The van der Waals surface area contributed by atoms with E-state index in [2.05, 4.69) is 5.32 Å². The molecule has 0 spiro atoms. The quantitative estimate of drug-likeness (QED) is 0.307. The first kappa shape index (κ1) is 22.9. The van der Waals surface area contributed by atoms with Crippen molar-refractivity contribution in [1.82, 2.24) is 0 Å². The number of hydrogen-bond acceptors (Lipinski definition) is 6. The zero-order chi connectivity index (χ0) is 23.1. The van der Waals surface area contributed by atoms with E-state index in [1.807, 2.05) is 6.07 Å². The van der Waals surface area contributed by atoms with Crippen molar-refractivity contribution in [2.45, 2.75) is 4.90 Å². The van der Waals surface area contributed by atoms with Gasteiger partial charge < -0.3 is 14.2 Å². The lowest BCUT2D eigenvalue weighted by Crippen LogP contribution is -2.13. The van der Waals surface area contributed by atoms with E-state index < -0.39 is 16.0 Å². The number of carbonyl (C=O) groups is 1. The Kier molecular flexibility index (Phi) is 7.15. The van der Waals surface area contributed by atoms with Crippen LogP contribution in [0.15, 0.2) is 83.3 Å². The molecule has 1 N–H and O–H groups in total. The molecule has 1 amide bonds. The first-order chi connectivity index (χ1) is 15.3. The summed E-state index contributed by atoms with van der Waals surface area (Å²) >= 11 is 5.91. The summed E-state index contributed by atoms with van der Waals surface area (Å²) in [5, 5.41) is 12.5. The van der Waals surface area contributed by atoms with Gasteiger partial charge >= 0.3 is 10.1 Å². The van der Waals surface area contributed by atoms with Crippen LogP contribution in [0.25, 0.3) is 6.08 Å². The van der Waals surface area contributed by atoms with Gasteiger partial charge in [0, 0.05) is 10.7 Å². The van der Waals surface area contributed by atoms with Crippen molar-refractivity contribution >= 4 is 39.4 Å². The van der Waals surface area contributed by atoms with Crippen LogP contribution in [0.2, 0.25) is 5.02 Å². The maximum Gasteiger partial charge on any atom is 0.339 e. The smallest absolute Gasteiger partial charge is 0.339 e. The van der Waals surface area contributed by atoms with Crippen LogP contribution in [0.1, 0.15) is 5.56 Å². The van der Waals surface area contributed by atoms with Crippen molar-refractivity contribution in [3.63, 3.8) is 0 Å². The molecule has 0 bridgehead atoms. The predicted molar refractivity (Wildman–Crippen MR) is 121 cm³/mol. The highest BCUT2D eigenvalue weighted by Gasteiger charge is 2.19. The van der Waals surface area contributed by atoms with Gasteiger partial charge in [-0.05, 0) is 54.1 Å². The molecule has 0 saturated carbocycles. The molecule has 3 aromatic carbocycles. The van der Waals surface area contributed by atoms with E-state index in [0.717, 1.165) is 0 Å². The van der Waals surface area contributed by atoms with Gasteiger partial charge in [0.25, 0.3) is 5.91 Å². The Bertz CT molecular complexity index is 1320. The Morgan fingerprint density at radius 1 is 1.03 bits per heavy atom. The molecule has 162 valence electrons. The number of ether oxygens (including phenoxy) is 1.